The zero-order valence-corrected chi connectivity index (χ0v) is 11.9. The van der Waals surface area contributed by atoms with E-state index in [0.29, 0.717) is 0 Å². The Bertz CT molecular complexity index is 188. The van der Waals surface area contributed by atoms with Gasteiger partial charge in [0.15, 0.2) is 0 Å². The van der Waals surface area contributed by atoms with Gasteiger partial charge in [0.25, 0.3) is 0 Å². The normalized spacial score (nSPS) is 20.6. The van der Waals surface area contributed by atoms with Gasteiger partial charge in [0.05, 0.1) is 0 Å². The van der Waals surface area contributed by atoms with Crippen LogP contribution in [0, 0.1) is 5.92 Å². The summed E-state index contributed by atoms with van der Waals surface area (Å²) in [4.78, 5) is 0. The van der Waals surface area contributed by atoms with E-state index in [1.807, 2.05) is 0 Å². The maximum atomic E-state index is 5.67. The largest absolute Gasteiger partial charge is 0.397 e. The summed E-state index contributed by atoms with van der Waals surface area (Å²) in [6.07, 6.45) is 11.2. The molecule has 0 saturated heterocycles. The molecule has 1 unspecified atom stereocenters. The molecule has 0 aromatic carbocycles. The van der Waals surface area contributed by atoms with E-state index in [1.165, 1.54) is 38.1 Å². The summed E-state index contributed by atoms with van der Waals surface area (Å²) >= 11 is 0. The van der Waals surface area contributed by atoms with Crippen molar-refractivity contribution >= 4 is 9.28 Å². The average molecular weight is 242 g/mol. The number of rotatable bonds is 8. The summed E-state index contributed by atoms with van der Waals surface area (Å²) in [7, 11) is -1.32. The second kappa shape index (κ2) is 8.96. The lowest BCUT2D eigenvalue weighted by Crippen LogP contribution is -2.22. The van der Waals surface area contributed by atoms with Crippen LogP contribution in [0.2, 0.25) is 6.04 Å². The molecule has 1 aliphatic carbocycles. The Morgan fingerprint density at radius 2 is 1.94 bits per heavy atom. The van der Waals surface area contributed by atoms with Gasteiger partial charge in [-0.2, -0.15) is 0 Å². The lowest BCUT2D eigenvalue weighted by molar-refractivity contribution is 0.212. The standard InChI is InChI=1S/C13H26O2Si/c1-3-14-16(15-4-2)12-8-11-13-9-6-5-7-10-13/h5-6,13,16H,3-4,7-12H2,1-2H3. The van der Waals surface area contributed by atoms with Crippen molar-refractivity contribution in [3.05, 3.63) is 12.2 Å². The van der Waals surface area contributed by atoms with Crippen molar-refractivity contribution in [2.45, 2.75) is 52.0 Å². The highest BCUT2D eigenvalue weighted by Crippen LogP contribution is 2.24. The third kappa shape index (κ3) is 5.82. The number of hydrogen-bond acceptors (Lipinski definition) is 2. The van der Waals surface area contributed by atoms with Crippen LogP contribution in [0.25, 0.3) is 0 Å². The average Bonchev–Trinajstić information content (AvgIpc) is 2.31. The lowest BCUT2D eigenvalue weighted by atomic mass is 9.91. The summed E-state index contributed by atoms with van der Waals surface area (Å²) in [6.45, 7) is 5.74. The second-order valence-electron chi connectivity index (χ2n) is 4.42. The van der Waals surface area contributed by atoms with E-state index < -0.39 is 9.28 Å². The van der Waals surface area contributed by atoms with E-state index in [4.69, 9.17) is 8.85 Å². The van der Waals surface area contributed by atoms with E-state index in [9.17, 15) is 0 Å². The fraction of sp³-hybridized carbons (Fsp3) is 0.846. The van der Waals surface area contributed by atoms with E-state index in [0.717, 1.165) is 19.1 Å². The Hall–Kier alpha value is -0.123. The smallest absolute Gasteiger partial charge is 0.321 e. The molecule has 16 heavy (non-hydrogen) atoms. The molecule has 0 heterocycles. The molecule has 2 nitrogen and oxygen atoms in total. The minimum atomic E-state index is -1.32. The zero-order valence-electron chi connectivity index (χ0n) is 10.8. The predicted molar refractivity (Wildman–Crippen MR) is 70.9 cm³/mol. The fourth-order valence-corrected chi connectivity index (χ4v) is 4.02. The summed E-state index contributed by atoms with van der Waals surface area (Å²) in [5, 5.41) is 0. The Labute approximate surface area is 102 Å². The maximum absolute atomic E-state index is 5.67. The van der Waals surface area contributed by atoms with Crippen LogP contribution in [0.4, 0.5) is 0 Å². The van der Waals surface area contributed by atoms with E-state index >= 15 is 0 Å². The minimum Gasteiger partial charge on any atom is -0.397 e. The lowest BCUT2D eigenvalue weighted by Gasteiger charge is -2.19. The summed E-state index contributed by atoms with van der Waals surface area (Å²) in [5.74, 6) is 0.919. The van der Waals surface area contributed by atoms with Crippen LogP contribution in [-0.2, 0) is 8.85 Å². The van der Waals surface area contributed by atoms with Gasteiger partial charge in [0.1, 0.15) is 0 Å². The molecule has 0 spiro atoms. The van der Waals surface area contributed by atoms with Crippen molar-refractivity contribution in [2.24, 2.45) is 5.92 Å². The van der Waals surface area contributed by atoms with Crippen LogP contribution < -0.4 is 0 Å². The van der Waals surface area contributed by atoms with Crippen LogP contribution in [0.5, 0.6) is 0 Å². The van der Waals surface area contributed by atoms with Gasteiger partial charge in [-0.15, -0.1) is 0 Å². The highest BCUT2D eigenvalue weighted by Gasteiger charge is 2.14. The molecule has 3 heteroatoms. The maximum Gasteiger partial charge on any atom is 0.321 e. The predicted octanol–water partition coefficient (Wildman–Crippen LogP) is 3.42. The first kappa shape index (κ1) is 13.9. The van der Waals surface area contributed by atoms with Gasteiger partial charge in [-0.1, -0.05) is 25.0 Å². The molecule has 0 aromatic heterocycles. The Kier molecular flexibility index (Phi) is 7.81. The summed E-state index contributed by atoms with van der Waals surface area (Å²) in [5.41, 5.74) is 0. The monoisotopic (exact) mass is 242 g/mol. The van der Waals surface area contributed by atoms with Crippen molar-refractivity contribution in [3.63, 3.8) is 0 Å². The van der Waals surface area contributed by atoms with Gasteiger partial charge in [-0.3, -0.25) is 0 Å². The molecule has 0 aromatic rings. The Morgan fingerprint density at radius 1 is 1.19 bits per heavy atom. The molecule has 0 fully saturated rings. The highest BCUT2D eigenvalue weighted by molar-refractivity contribution is 6.44. The van der Waals surface area contributed by atoms with Gasteiger partial charge in [-0.25, -0.2) is 0 Å². The quantitative estimate of drug-likeness (QED) is 0.480. The molecule has 1 rings (SSSR count). The van der Waals surface area contributed by atoms with Crippen LogP contribution in [0.3, 0.4) is 0 Å². The summed E-state index contributed by atoms with van der Waals surface area (Å²) < 4.78 is 11.3. The molecule has 1 aliphatic rings. The molecule has 94 valence electrons. The van der Waals surface area contributed by atoms with Crippen LogP contribution >= 0.6 is 0 Å². The third-order valence-electron chi connectivity index (χ3n) is 3.13. The van der Waals surface area contributed by atoms with Crippen LogP contribution in [0.1, 0.15) is 46.0 Å². The minimum absolute atomic E-state index is 0.809. The van der Waals surface area contributed by atoms with E-state index in [1.54, 1.807) is 0 Å². The third-order valence-corrected chi connectivity index (χ3v) is 5.42. The molecule has 0 N–H and O–H groups in total. The number of hydrogen-bond donors (Lipinski definition) is 0. The zero-order chi connectivity index (χ0) is 11.6. The summed E-state index contributed by atoms with van der Waals surface area (Å²) in [6, 6.07) is 1.18. The Balaban J connectivity index is 2.09. The number of allylic oxidation sites excluding steroid dienone is 2. The second-order valence-corrected chi connectivity index (χ2v) is 6.52. The van der Waals surface area contributed by atoms with Gasteiger partial charge in [-0.05, 0) is 45.1 Å². The Morgan fingerprint density at radius 3 is 2.50 bits per heavy atom. The van der Waals surface area contributed by atoms with Gasteiger partial charge in [0, 0.05) is 13.2 Å². The van der Waals surface area contributed by atoms with Gasteiger partial charge < -0.3 is 8.85 Å². The van der Waals surface area contributed by atoms with E-state index in [2.05, 4.69) is 26.0 Å². The van der Waals surface area contributed by atoms with Crippen molar-refractivity contribution < 1.29 is 8.85 Å². The van der Waals surface area contributed by atoms with Crippen LogP contribution in [0.15, 0.2) is 12.2 Å². The van der Waals surface area contributed by atoms with E-state index in [-0.39, 0.29) is 0 Å². The van der Waals surface area contributed by atoms with Crippen molar-refractivity contribution in [1.82, 2.24) is 0 Å². The van der Waals surface area contributed by atoms with Gasteiger partial charge >= 0.3 is 9.28 Å². The molecule has 0 amide bonds. The molecule has 0 aliphatic heterocycles. The van der Waals surface area contributed by atoms with Gasteiger partial charge in [0.2, 0.25) is 0 Å². The first-order chi connectivity index (χ1) is 7.86. The van der Waals surface area contributed by atoms with Crippen molar-refractivity contribution in [3.8, 4) is 0 Å². The molecule has 1 atom stereocenters. The highest BCUT2D eigenvalue weighted by atomic mass is 28.3. The molecular weight excluding hydrogens is 216 g/mol. The first-order valence-electron chi connectivity index (χ1n) is 6.75. The molecule has 0 radical (unpaired) electrons. The fourth-order valence-electron chi connectivity index (χ4n) is 2.28. The topological polar surface area (TPSA) is 18.5 Å². The SMILES string of the molecule is CCO[SiH](CCCC1CC=CCC1)OCC. The van der Waals surface area contributed by atoms with Crippen LogP contribution in [-0.4, -0.2) is 22.5 Å². The first-order valence-corrected chi connectivity index (χ1v) is 8.51. The molecule has 0 bridgehead atoms. The molecule has 0 saturated carbocycles. The molecular formula is C13H26O2Si. The van der Waals surface area contributed by atoms with Crippen molar-refractivity contribution in [2.75, 3.05) is 13.2 Å². The van der Waals surface area contributed by atoms with Crippen molar-refractivity contribution in [1.29, 1.82) is 0 Å².